The molecule has 2 aliphatic rings. The molecule has 0 aliphatic carbocycles. The van der Waals surface area contributed by atoms with Crippen molar-refractivity contribution in [1.29, 1.82) is 0 Å². The van der Waals surface area contributed by atoms with Gasteiger partial charge in [-0.2, -0.15) is 0 Å². The zero-order valence-electron chi connectivity index (χ0n) is 16.2. The average molecular weight is 392 g/mol. The van der Waals surface area contributed by atoms with Crippen LogP contribution in [0.1, 0.15) is 18.4 Å². The van der Waals surface area contributed by atoms with Gasteiger partial charge in [-0.15, -0.1) is 10.2 Å². The van der Waals surface area contributed by atoms with Crippen molar-refractivity contribution < 1.29 is 14.4 Å². The van der Waals surface area contributed by atoms with E-state index < -0.39 is 0 Å². The monoisotopic (exact) mass is 392 g/mol. The summed E-state index contributed by atoms with van der Waals surface area (Å²) < 4.78 is 0. The lowest BCUT2D eigenvalue weighted by Crippen LogP contribution is -2.38. The van der Waals surface area contributed by atoms with E-state index in [2.05, 4.69) is 20.5 Å². The molecule has 4 heterocycles. The summed E-state index contributed by atoms with van der Waals surface area (Å²) >= 11 is 0. The van der Waals surface area contributed by atoms with Crippen LogP contribution in [-0.2, 0) is 14.4 Å². The SMILES string of the molecule is Cc1ccc(-c2ccc(NC(=O)CN3CCCC4=C3C(=O)N(C)C4=O)nn2)nc1. The highest BCUT2D eigenvalue weighted by Crippen LogP contribution is 2.30. The number of anilines is 1. The Bertz CT molecular complexity index is 1010. The van der Waals surface area contributed by atoms with Gasteiger partial charge in [0.1, 0.15) is 11.4 Å². The first-order valence-electron chi connectivity index (χ1n) is 9.31. The number of aryl methyl sites for hydroxylation is 1. The maximum Gasteiger partial charge on any atom is 0.277 e. The molecular formula is C20H20N6O3. The number of likely N-dealkylation sites (N-methyl/N-ethyl adjacent to an activating group) is 1. The van der Waals surface area contributed by atoms with Crippen LogP contribution in [0.4, 0.5) is 5.82 Å². The van der Waals surface area contributed by atoms with E-state index in [-0.39, 0.29) is 24.3 Å². The molecule has 0 atom stereocenters. The van der Waals surface area contributed by atoms with E-state index in [1.807, 2.05) is 19.1 Å². The van der Waals surface area contributed by atoms with Crippen molar-refractivity contribution in [2.75, 3.05) is 25.5 Å². The van der Waals surface area contributed by atoms with Gasteiger partial charge in [0.25, 0.3) is 11.8 Å². The molecular weight excluding hydrogens is 372 g/mol. The van der Waals surface area contributed by atoms with Crippen LogP contribution in [0.2, 0.25) is 0 Å². The van der Waals surface area contributed by atoms with Crippen molar-refractivity contribution >= 4 is 23.5 Å². The largest absolute Gasteiger partial charge is 0.357 e. The van der Waals surface area contributed by atoms with Gasteiger partial charge in [-0.3, -0.25) is 24.3 Å². The maximum atomic E-state index is 12.5. The smallest absolute Gasteiger partial charge is 0.277 e. The predicted molar refractivity (Wildman–Crippen MR) is 104 cm³/mol. The molecule has 2 aromatic heterocycles. The molecule has 0 saturated carbocycles. The van der Waals surface area contributed by atoms with Gasteiger partial charge in [0.15, 0.2) is 5.82 Å². The number of carbonyl (C=O) groups excluding carboxylic acids is 3. The molecule has 4 rings (SSSR count). The van der Waals surface area contributed by atoms with Gasteiger partial charge in [-0.1, -0.05) is 6.07 Å². The highest BCUT2D eigenvalue weighted by Gasteiger charge is 2.40. The molecule has 1 N–H and O–H groups in total. The zero-order chi connectivity index (χ0) is 20.5. The molecule has 3 amide bonds. The Hall–Kier alpha value is -3.62. The fourth-order valence-electron chi connectivity index (χ4n) is 3.46. The quantitative estimate of drug-likeness (QED) is 0.777. The topological polar surface area (TPSA) is 108 Å². The van der Waals surface area contributed by atoms with Crippen LogP contribution in [0.15, 0.2) is 41.7 Å². The van der Waals surface area contributed by atoms with Crippen LogP contribution in [0, 0.1) is 6.92 Å². The van der Waals surface area contributed by atoms with Gasteiger partial charge in [0.05, 0.1) is 12.2 Å². The molecule has 0 aromatic carbocycles. The van der Waals surface area contributed by atoms with Crippen molar-refractivity contribution in [2.45, 2.75) is 19.8 Å². The lowest BCUT2D eigenvalue weighted by molar-refractivity contribution is -0.136. The summed E-state index contributed by atoms with van der Waals surface area (Å²) in [5, 5.41) is 10.8. The van der Waals surface area contributed by atoms with Gasteiger partial charge in [-0.05, 0) is 43.5 Å². The van der Waals surface area contributed by atoms with Crippen LogP contribution in [0.25, 0.3) is 11.4 Å². The number of hydrogen-bond acceptors (Lipinski definition) is 7. The third-order valence-corrected chi connectivity index (χ3v) is 4.97. The van der Waals surface area contributed by atoms with Gasteiger partial charge in [0, 0.05) is 25.4 Å². The van der Waals surface area contributed by atoms with E-state index in [4.69, 9.17) is 0 Å². The van der Waals surface area contributed by atoms with E-state index in [1.165, 1.54) is 7.05 Å². The number of nitrogens with zero attached hydrogens (tertiary/aromatic N) is 5. The standard InChI is InChI=1S/C20H20N6O3/c1-12-5-6-14(21-10-12)15-7-8-16(24-23-15)22-17(27)11-26-9-3-4-13-18(26)20(29)25(2)19(13)28/h5-8,10H,3-4,9,11H2,1-2H3,(H,22,24,27). The van der Waals surface area contributed by atoms with E-state index in [0.717, 1.165) is 16.9 Å². The summed E-state index contributed by atoms with van der Waals surface area (Å²) in [5.74, 6) is -0.652. The minimum atomic E-state index is -0.354. The minimum absolute atomic E-state index is 0.0331. The number of pyridine rings is 1. The highest BCUT2D eigenvalue weighted by atomic mass is 16.2. The summed E-state index contributed by atoms with van der Waals surface area (Å²) in [6, 6.07) is 7.18. The van der Waals surface area contributed by atoms with Crippen LogP contribution < -0.4 is 5.32 Å². The highest BCUT2D eigenvalue weighted by molar-refractivity contribution is 6.19. The van der Waals surface area contributed by atoms with Crippen molar-refractivity contribution in [2.24, 2.45) is 0 Å². The Morgan fingerprint density at radius 2 is 1.90 bits per heavy atom. The molecule has 0 radical (unpaired) electrons. The molecule has 29 heavy (non-hydrogen) atoms. The number of hydrogen-bond donors (Lipinski definition) is 1. The first kappa shape index (κ1) is 18.7. The predicted octanol–water partition coefficient (Wildman–Crippen LogP) is 1.13. The Labute approximate surface area is 167 Å². The third-order valence-electron chi connectivity index (χ3n) is 4.97. The number of imide groups is 1. The number of carbonyl (C=O) groups is 3. The summed E-state index contributed by atoms with van der Waals surface area (Å²) in [4.78, 5) is 44.0. The van der Waals surface area contributed by atoms with Gasteiger partial charge in [0.2, 0.25) is 5.91 Å². The summed E-state index contributed by atoms with van der Waals surface area (Å²) in [6.45, 7) is 2.47. The van der Waals surface area contributed by atoms with Crippen molar-refractivity contribution in [3.8, 4) is 11.4 Å². The Kier molecular flexibility index (Phi) is 4.79. The second-order valence-corrected chi connectivity index (χ2v) is 7.09. The molecule has 9 nitrogen and oxygen atoms in total. The van der Waals surface area contributed by atoms with E-state index >= 15 is 0 Å². The van der Waals surface area contributed by atoms with Crippen LogP contribution in [0.5, 0.6) is 0 Å². The lowest BCUT2D eigenvalue weighted by atomic mass is 10.0. The number of nitrogens with one attached hydrogen (secondary N) is 1. The van der Waals surface area contributed by atoms with Crippen LogP contribution in [0.3, 0.4) is 0 Å². The van der Waals surface area contributed by atoms with E-state index in [1.54, 1.807) is 23.2 Å². The van der Waals surface area contributed by atoms with Crippen molar-refractivity contribution in [3.05, 3.63) is 47.3 Å². The molecule has 2 aliphatic heterocycles. The van der Waals surface area contributed by atoms with Crippen molar-refractivity contribution in [3.63, 3.8) is 0 Å². The van der Waals surface area contributed by atoms with Gasteiger partial charge >= 0.3 is 0 Å². The third kappa shape index (κ3) is 3.58. The normalized spacial score (nSPS) is 16.3. The molecule has 0 saturated heterocycles. The van der Waals surface area contributed by atoms with Gasteiger partial charge < -0.3 is 10.2 Å². The summed E-state index contributed by atoms with van der Waals surface area (Å²) in [6.07, 6.45) is 3.03. The second kappa shape index (κ2) is 7.42. The summed E-state index contributed by atoms with van der Waals surface area (Å²) in [5.41, 5.74) is 3.18. The van der Waals surface area contributed by atoms with E-state index in [0.29, 0.717) is 41.4 Å². The number of aromatic nitrogens is 3. The lowest BCUT2D eigenvalue weighted by Gasteiger charge is -2.28. The molecule has 0 unspecified atom stereocenters. The fourth-order valence-corrected chi connectivity index (χ4v) is 3.46. The zero-order valence-corrected chi connectivity index (χ0v) is 16.2. The molecule has 0 fully saturated rings. The van der Waals surface area contributed by atoms with E-state index in [9.17, 15) is 14.4 Å². The molecule has 148 valence electrons. The molecule has 0 bridgehead atoms. The second-order valence-electron chi connectivity index (χ2n) is 7.09. The molecule has 0 spiro atoms. The Morgan fingerprint density at radius 3 is 2.59 bits per heavy atom. The molecule has 9 heteroatoms. The molecule has 2 aromatic rings. The van der Waals surface area contributed by atoms with Crippen LogP contribution >= 0.6 is 0 Å². The Balaban J connectivity index is 1.43. The average Bonchev–Trinajstić information content (AvgIpc) is 2.94. The summed E-state index contributed by atoms with van der Waals surface area (Å²) in [7, 11) is 1.46. The van der Waals surface area contributed by atoms with Crippen molar-refractivity contribution in [1.82, 2.24) is 25.0 Å². The van der Waals surface area contributed by atoms with Crippen LogP contribution in [-0.4, -0.2) is 62.8 Å². The van der Waals surface area contributed by atoms with Gasteiger partial charge in [-0.25, -0.2) is 0 Å². The number of amides is 3. The minimum Gasteiger partial charge on any atom is -0.357 e. The first-order chi connectivity index (χ1) is 13.9. The number of rotatable bonds is 4. The fraction of sp³-hybridized carbons (Fsp3) is 0.300. The maximum absolute atomic E-state index is 12.5. The Morgan fingerprint density at radius 1 is 1.10 bits per heavy atom. The first-order valence-corrected chi connectivity index (χ1v) is 9.31.